The van der Waals surface area contributed by atoms with E-state index >= 15 is 0 Å². The molecule has 0 aromatic carbocycles. The fraction of sp³-hybridized carbons (Fsp3) is 0.826. The van der Waals surface area contributed by atoms with E-state index in [-0.39, 0.29) is 18.5 Å². The number of amides is 1. The first kappa shape index (κ1) is 33.8. The van der Waals surface area contributed by atoms with Gasteiger partial charge in [0, 0.05) is 13.0 Å². The molecule has 0 aromatic rings. The van der Waals surface area contributed by atoms with Crippen LogP contribution in [0, 0.1) is 0 Å². The SMILES string of the molecule is CCCCCCCCCCCC(=O)N[C@@H](CCCN=C(N)N)C(=O)OCC.O=C(O)C(O)CO. The van der Waals surface area contributed by atoms with Gasteiger partial charge in [-0.3, -0.25) is 9.79 Å². The Balaban J connectivity index is 0. The van der Waals surface area contributed by atoms with E-state index in [1.165, 1.54) is 44.9 Å². The summed E-state index contributed by atoms with van der Waals surface area (Å²) in [6, 6.07) is -0.634. The molecular formula is C23H46N4O7. The van der Waals surface area contributed by atoms with E-state index in [4.69, 9.17) is 31.5 Å². The highest BCUT2D eigenvalue weighted by atomic mass is 16.5. The summed E-state index contributed by atoms with van der Waals surface area (Å²) in [5.74, 6) is -1.87. The average Bonchev–Trinajstić information content (AvgIpc) is 2.79. The van der Waals surface area contributed by atoms with Crippen LogP contribution >= 0.6 is 0 Å². The maximum absolute atomic E-state index is 12.1. The normalized spacial score (nSPS) is 12.0. The highest BCUT2D eigenvalue weighted by Gasteiger charge is 2.21. The quantitative estimate of drug-likeness (QED) is 0.0671. The number of aliphatic imine (C=N–C) groups is 1. The van der Waals surface area contributed by atoms with Crippen molar-refractivity contribution in [3.63, 3.8) is 0 Å². The summed E-state index contributed by atoms with van der Waals surface area (Å²) in [6.07, 6.45) is 10.7. The molecule has 0 bridgehead atoms. The number of carbonyl (C=O) groups is 3. The fourth-order valence-corrected chi connectivity index (χ4v) is 2.94. The Labute approximate surface area is 203 Å². The Morgan fingerprint density at radius 1 is 0.941 bits per heavy atom. The van der Waals surface area contributed by atoms with Crippen molar-refractivity contribution >= 4 is 23.8 Å². The lowest BCUT2D eigenvalue weighted by Crippen LogP contribution is -2.42. The molecule has 0 saturated heterocycles. The molecule has 11 heteroatoms. The van der Waals surface area contributed by atoms with E-state index < -0.39 is 30.7 Å². The summed E-state index contributed by atoms with van der Waals surface area (Å²) in [5.41, 5.74) is 10.6. The van der Waals surface area contributed by atoms with Crippen LogP contribution in [-0.4, -0.2) is 71.0 Å². The molecule has 1 amide bonds. The zero-order valence-corrected chi connectivity index (χ0v) is 20.8. The standard InChI is InChI=1S/C20H40N4O3.C3H6O4/c1-3-5-6-7-8-9-10-11-12-15-18(25)24-17(19(26)27-4-2)14-13-16-23-20(21)22;4-1-2(5)3(6)7/h17H,3-16H2,1-2H3,(H,24,25)(H4,21,22,23);2,4-5H,1H2,(H,6,7)/t17-;/m0./s1. The molecule has 8 N–H and O–H groups in total. The number of guanidine groups is 1. The highest BCUT2D eigenvalue weighted by Crippen LogP contribution is 2.11. The third-order valence-corrected chi connectivity index (χ3v) is 4.82. The number of nitrogens with two attached hydrogens (primary N) is 2. The molecule has 0 rings (SSSR count). The van der Waals surface area contributed by atoms with Gasteiger partial charge in [0.2, 0.25) is 5.91 Å². The van der Waals surface area contributed by atoms with E-state index in [9.17, 15) is 14.4 Å². The number of hydrogen-bond donors (Lipinski definition) is 6. The van der Waals surface area contributed by atoms with Crippen LogP contribution < -0.4 is 16.8 Å². The summed E-state index contributed by atoms with van der Waals surface area (Å²) in [6.45, 7) is 3.96. The molecule has 1 unspecified atom stereocenters. The molecule has 0 radical (unpaired) electrons. The number of carbonyl (C=O) groups excluding carboxylic acids is 2. The van der Waals surface area contributed by atoms with Gasteiger partial charge in [-0.2, -0.15) is 0 Å². The average molecular weight is 491 g/mol. The second kappa shape index (κ2) is 23.7. The molecule has 0 aliphatic rings. The van der Waals surface area contributed by atoms with E-state index in [1.54, 1.807) is 6.92 Å². The number of aliphatic hydroxyl groups is 2. The van der Waals surface area contributed by atoms with Gasteiger partial charge < -0.3 is 36.8 Å². The summed E-state index contributed by atoms with van der Waals surface area (Å²) in [7, 11) is 0. The van der Waals surface area contributed by atoms with Crippen molar-refractivity contribution < 1.29 is 34.4 Å². The molecular weight excluding hydrogens is 444 g/mol. The van der Waals surface area contributed by atoms with Gasteiger partial charge in [-0.1, -0.05) is 58.3 Å². The van der Waals surface area contributed by atoms with Gasteiger partial charge >= 0.3 is 11.9 Å². The van der Waals surface area contributed by atoms with Crippen LogP contribution in [0.4, 0.5) is 0 Å². The molecule has 0 saturated carbocycles. The largest absolute Gasteiger partial charge is 0.479 e. The number of unbranched alkanes of at least 4 members (excludes halogenated alkanes) is 8. The van der Waals surface area contributed by atoms with Gasteiger partial charge in [0.05, 0.1) is 13.2 Å². The van der Waals surface area contributed by atoms with Crippen LogP contribution in [0.5, 0.6) is 0 Å². The van der Waals surface area contributed by atoms with Gasteiger partial charge in [-0.05, 0) is 26.2 Å². The Kier molecular flexibility index (Phi) is 23.6. The van der Waals surface area contributed by atoms with Crippen molar-refractivity contribution in [3.8, 4) is 0 Å². The maximum atomic E-state index is 12.1. The maximum Gasteiger partial charge on any atom is 0.334 e. The summed E-state index contributed by atoms with van der Waals surface area (Å²) in [4.78, 5) is 37.5. The predicted octanol–water partition coefficient (Wildman–Crippen LogP) is 1.43. The molecule has 0 spiro atoms. The van der Waals surface area contributed by atoms with Crippen LogP contribution in [0.15, 0.2) is 4.99 Å². The summed E-state index contributed by atoms with van der Waals surface area (Å²) in [5, 5.41) is 26.5. The highest BCUT2D eigenvalue weighted by molar-refractivity contribution is 5.84. The van der Waals surface area contributed by atoms with Crippen LogP contribution in [0.2, 0.25) is 0 Å². The van der Waals surface area contributed by atoms with Gasteiger partial charge in [-0.15, -0.1) is 0 Å². The zero-order chi connectivity index (χ0) is 26.2. The van der Waals surface area contributed by atoms with Crippen molar-refractivity contribution in [2.45, 2.75) is 103 Å². The molecule has 0 aromatic heterocycles. The lowest BCUT2D eigenvalue weighted by atomic mass is 10.1. The fourth-order valence-electron chi connectivity index (χ4n) is 2.94. The summed E-state index contributed by atoms with van der Waals surface area (Å²) >= 11 is 0. The van der Waals surface area contributed by atoms with Gasteiger partial charge in [0.15, 0.2) is 12.1 Å². The number of aliphatic hydroxyl groups excluding tert-OH is 2. The number of aliphatic carboxylic acids is 1. The number of carboxylic acids is 1. The smallest absolute Gasteiger partial charge is 0.334 e. The van der Waals surface area contributed by atoms with Crippen LogP contribution in [-0.2, 0) is 19.1 Å². The molecule has 200 valence electrons. The predicted molar refractivity (Wildman–Crippen MR) is 131 cm³/mol. The molecule has 0 heterocycles. The minimum absolute atomic E-state index is 0.0251. The third kappa shape index (κ3) is 22.8. The number of carboxylic acid groups (broad SMARTS) is 1. The lowest BCUT2D eigenvalue weighted by Gasteiger charge is -2.17. The molecule has 11 nitrogen and oxygen atoms in total. The number of ether oxygens (including phenoxy) is 1. The van der Waals surface area contributed by atoms with Gasteiger partial charge in [0.1, 0.15) is 6.04 Å². The third-order valence-electron chi connectivity index (χ3n) is 4.82. The van der Waals surface area contributed by atoms with Crippen LogP contribution in [0.25, 0.3) is 0 Å². The van der Waals surface area contributed by atoms with Crippen molar-refractivity contribution in [2.24, 2.45) is 16.5 Å². The van der Waals surface area contributed by atoms with E-state index in [0.29, 0.717) is 25.8 Å². The molecule has 0 aliphatic heterocycles. The minimum Gasteiger partial charge on any atom is -0.479 e. The number of nitrogens with zero attached hydrogens (tertiary/aromatic N) is 1. The molecule has 34 heavy (non-hydrogen) atoms. The zero-order valence-electron chi connectivity index (χ0n) is 20.8. The first-order chi connectivity index (χ1) is 16.2. The second-order valence-corrected chi connectivity index (χ2v) is 7.94. The van der Waals surface area contributed by atoms with Gasteiger partial charge in [-0.25, -0.2) is 9.59 Å². The van der Waals surface area contributed by atoms with E-state index in [2.05, 4.69) is 17.2 Å². The Hall–Kier alpha value is -2.40. The Morgan fingerprint density at radius 2 is 1.50 bits per heavy atom. The van der Waals surface area contributed by atoms with E-state index in [0.717, 1.165) is 12.8 Å². The topological polar surface area (TPSA) is 198 Å². The van der Waals surface area contributed by atoms with Crippen molar-refractivity contribution in [2.75, 3.05) is 19.8 Å². The first-order valence-corrected chi connectivity index (χ1v) is 12.2. The molecule has 0 aliphatic carbocycles. The monoisotopic (exact) mass is 490 g/mol. The van der Waals surface area contributed by atoms with Crippen LogP contribution in [0.3, 0.4) is 0 Å². The molecule has 0 fully saturated rings. The Morgan fingerprint density at radius 3 is 1.94 bits per heavy atom. The minimum atomic E-state index is -1.63. The van der Waals surface area contributed by atoms with Gasteiger partial charge in [0.25, 0.3) is 0 Å². The van der Waals surface area contributed by atoms with E-state index in [1.807, 2.05) is 0 Å². The van der Waals surface area contributed by atoms with Crippen molar-refractivity contribution in [1.82, 2.24) is 5.32 Å². The van der Waals surface area contributed by atoms with Crippen molar-refractivity contribution in [1.29, 1.82) is 0 Å². The number of esters is 1. The number of hydrogen-bond acceptors (Lipinski definition) is 7. The summed E-state index contributed by atoms with van der Waals surface area (Å²) < 4.78 is 5.04. The molecule has 2 atom stereocenters. The van der Waals surface area contributed by atoms with Crippen molar-refractivity contribution in [3.05, 3.63) is 0 Å². The Bertz CT molecular complexity index is 570. The number of nitrogens with one attached hydrogen (secondary N) is 1. The lowest BCUT2D eigenvalue weighted by molar-refractivity contribution is -0.148. The first-order valence-electron chi connectivity index (χ1n) is 12.2. The number of rotatable bonds is 19. The van der Waals surface area contributed by atoms with Crippen LogP contribution in [0.1, 0.15) is 90.9 Å². The second-order valence-electron chi connectivity index (χ2n) is 7.94.